The van der Waals surface area contributed by atoms with Crippen LogP contribution in [0.5, 0.6) is 0 Å². The van der Waals surface area contributed by atoms with E-state index in [-0.39, 0.29) is 85.5 Å². The molecule has 7 aliphatic carbocycles. The number of hydrogen-bond donors (Lipinski definition) is 1. The summed E-state index contributed by atoms with van der Waals surface area (Å²) in [4.78, 5) is 0. The maximum Gasteiger partial charge on any atom is 0.0876 e. The van der Waals surface area contributed by atoms with Crippen molar-refractivity contribution >= 4 is 0 Å². The zero-order valence-corrected chi connectivity index (χ0v) is 72.3. The van der Waals surface area contributed by atoms with E-state index in [1.54, 1.807) is 11.1 Å². The number of aryl methyl sites for hydroxylation is 10. The van der Waals surface area contributed by atoms with Crippen molar-refractivity contribution in [1.82, 2.24) is 0 Å². The van der Waals surface area contributed by atoms with Crippen molar-refractivity contribution in [3.63, 3.8) is 0 Å². The van der Waals surface area contributed by atoms with Crippen molar-refractivity contribution in [1.29, 1.82) is 0 Å². The minimum absolute atomic E-state index is 0. The second-order valence-corrected chi connectivity index (χ2v) is 26.5. The summed E-state index contributed by atoms with van der Waals surface area (Å²) < 4.78 is 5.96. The predicted molar refractivity (Wildman–Crippen MR) is 519 cm³/mol. The molecule has 0 radical (unpaired) electrons. The highest BCUT2D eigenvalue weighted by atomic mass is 16.5. The zero-order valence-electron chi connectivity index (χ0n) is 72.3. The van der Waals surface area contributed by atoms with Crippen LogP contribution in [-0.4, -0.2) is 18.2 Å². The lowest BCUT2D eigenvalue weighted by Gasteiger charge is -2.26. The molecule has 0 spiro atoms. The lowest BCUT2D eigenvalue weighted by atomic mass is 9.74. The Morgan fingerprint density at radius 2 is 0.583 bits per heavy atom. The third kappa shape index (κ3) is 44.3. The molecule has 9 aliphatic rings. The highest BCUT2D eigenvalue weighted by Crippen LogP contribution is 2.53. The monoisotopic (exact) mass is 1510 g/mol. The molecule has 0 aromatic heterocycles. The van der Waals surface area contributed by atoms with Crippen molar-refractivity contribution in [2.75, 3.05) is 7.05 Å². The van der Waals surface area contributed by atoms with E-state index in [1.807, 2.05) is 144 Å². The molecule has 2 N–H and O–H groups in total. The van der Waals surface area contributed by atoms with E-state index in [0.29, 0.717) is 11.8 Å². The SMILES string of the molecule is C.C.C.C.C.C.C.C.C.C.C/C=C\C.CC.CC.CC.CC.CC.CC.CC.CC.CC#Cc1ccc(C)c(C)c1.CC1C(C)C2(C)C=CC1(C)O2.CC1C(C)C2C=CC1C2C.CC1C2C=CC(C2)C1C.CC1C2C=CC(C2)C1C.CN.Cc1cc2c(cc1C)CC2.Cc1ccccc1C.Cc1ccccc1C. The highest BCUT2D eigenvalue weighted by molar-refractivity contribution is 5.43. The fourth-order valence-electron chi connectivity index (χ4n) is 13.6. The Balaban J connectivity index is -0.0000000671. The second kappa shape index (κ2) is 78.7. The van der Waals surface area contributed by atoms with Crippen LogP contribution in [0.3, 0.4) is 0 Å². The molecule has 0 amide bonds. The standard InChI is InChI=1S/C11H12.C10H16O.C10H16.C10H12.2C9H14.2C8H10.C4H8.8C2H6.CH5N.10CH4/c1-4-5-11-7-6-9(2)10(3)8-11;1-7-8(2)10(4)6-5-9(7,3)11-10;1-6-7(2)10-5-4-9(6)8(10)3;1-7-5-9-3-4-10(9)6-8(7)2;2*1-6-7(2)9-4-3-8(6)5-9;2*1-7-5-3-4-6-8(7)2;1-3-4-2;9*1-2;;;;;;;;;;/h6-8H,1-3H3;5-8H,1-4H3;4-10H,1-3H3;5-6H,3-4H2,1-2H3;2*3-4,6-9H,5H2,1-2H3;2*3-6H,1-2H3;3-4H,1-2H3;8*1-2H3;2H2,1H3;10*1H4/b;;;;;;;;4-3-;;;;;;;;;;;;;;;;;;;. The molecule has 3 saturated carbocycles. The van der Waals surface area contributed by atoms with E-state index in [1.165, 1.54) is 77.2 Å². The van der Waals surface area contributed by atoms with E-state index in [4.69, 9.17) is 4.74 Å². The average Bonchev–Trinajstić information content (AvgIpc) is 1.58. The number of nitrogens with two attached hydrogens (primary N) is 1. The number of hydrogen-bond acceptors (Lipinski definition) is 2. The number of rotatable bonds is 0. The van der Waals surface area contributed by atoms with Crippen LogP contribution in [0.15, 0.2) is 140 Å². The van der Waals surface area contributed by atoms with Crippen LogP contribution in [0, 0.1) is 156 Å². The molecule has 2 heteroatoms. The first-order chi connectivity index (χ1) is 46.8. The van der Waals surface area contributed by atoms with Crippen LogP contribution in [0.25, 0.3) is 0 Å². The van der Waals surface area contributed by atoms with E-state index >= 15 is 0 Å². The minimum Gasteiger partial charge on any atom is -0.360 e. The molecule has 4 aromatic carbocycles. The molecule has 4 aromatic rings. The molecule has 108 heavy (non-hydrogen) atoms. The third-order valence-corrected chi connectivity index (χ3v) is 21.7. The fourth-order valence-corrected chi connectivity index (χ4v) is 13.6. The Morgan fingerprint density at radius 3 is 0.741 bits per heavy atom. The quantitative estimate of drug-likeness (QED) is 0.141. The molecule has 16 atom stereocenters. The van der Waals surface area contributed by atoms with Gasteiger partial charge in [0.2, 0.25) is 0 Å². The van der Waals surface area contributed by atoms with Gasteiger partial charge in [-0.3, -0.25) is 0 Å². The topological polar surface area (TPSA) is 35.2 Å². The molecular formula is C106H205NO. The first-order valence-corrected chi connectivity index (χ1v) is 40.0. The number of fused-ring (bicyclic) bond motifs is 9. The number of benzene rings is 4. The van der Waals surface area contributed by atoms with Gasteiger partial charge in [0, 0.05) is 5.56 Å². The summed E-state index contributed by atoms with van der Waals surface area (Å²) in [7, 11) is 1.50. The first kappa shape index (κ1) is 138. The van der Waals surface area contributed by atoms with Crippen molar-refractivity contribution < 1.29 is 4.74 Å². The van der Waals surface area contributed by atoms with Crippen LogP contribution in [0.4, 0.5) is 0 Å². The summed E-state index contributed by atoms with van der Waals surface area (Å²) in [6, 6.07) is 27.6. The summed E-state index contributed by atoms with van der Waals surface area (Å²) >= 11 is 0. The van der Waals surface area contributed by atoms with Crippen LogP contribution in [0.2, 0.25) is 0 Å². The Kier molecular flexibility index (Phi) is 101. The van der Waals surface area contributed by atoms with Gasteiger partial charge in [0.15, 0.2) is 0 Å². The van der Waals surface area contributed by atoms with E-state index in [9.17, 15) is 0 Å². The van der Waals surface area contributed by atoms with Gasteiger partial charge in [-0.25, -0.2) is 0 Å². The summed E-state index contributed by atoms with van der Waals surface area (Å²) in [5, 5.41) is 0. The van der Waals surface area contributed by atoms with Crippen LogP contribution < -0.4 is 5.73 Å². The highest BCUT2D eigenvalue weighted by Gasteiger charge is 2.56. The van der Waals surface area contributed by atoms with E-state index < -0.39 is 0 Å². The molecule has 2 heterocycles. The van der Waals surface area contributed by atoms with Crippen molar-refractivity contribution in [3.8, 4) is 11.8 Å². The number of ether oxygens (including phenoxy) is 1. The molecular weight excluding hydrogens is 1300 g/mol. The molecule has 640 valence electrons. The van der Waals surface area contributed by atoms with Gasteiger partial charge in [-0.05, 0) is 279 Å². The van der Waals surface area contributed by atoms with Gasteiger partial charge in [-0.15, -0.1) is 5.92 Å². The van der Waals surface area contributed by atoms with Crippen LogP contribution >= 0.6 is 0 Å². The van der Waals surface area contributed by atoms with Gasteiger partial charge in [0.1, 0.15) is 0 Å². The molecule has 2 aliphatic heterocycles. The van der Waals surface area contributed by atoms with Crippen molar-refractivity contribution in [2.45, 2.75) is 374 Å². The normalized spacial score (nSPS) is 25.1. The van der Waals surface area contributed by atoms with Crippen molar-refractivity contribution in [3.05, 3.63) is 201 Å². The minimum atomic E-state index is 0. The third-order valence-electron chi connectivity index (χ3n) is 21.7. The smallest absolute Gasteiger partial charge is 0.0876 e. The van der Waals surface area contributed by atoms with E-state index in [2.05, 4.69) is 277 Å². The summed E-state index contributed by atoms with van der Waals surface area (Å²) in [5.74, 6) is 19.4. The van der Waals surface area contributed by atoms with Gasteiger partial charge >= 0.3 is 0 Å². The Bertz CT molecular complexity index is 2590. The summed E-state index contributed by atoms with van der Waals surface area (Å²) in [5.41, 5.74) is 19.8. The molecule has 8 bridgehead atoms. The van der Waals surface area contributed by atoms with Crippen LogP contribution in [0.1, 0.15) is 356 Å². The maximum atomic E-state index is 5.96. The van der Waals surface area contributed by atoms with Gasteiger partial charge in [-0.2, -0.15) is 0 Å². The van der Waals surface area contributed by atoms with Gasteiger partial charge < -0.3 is 10.5 Å². The molecule has 13 rings (SSSR count). The van der Waals surface area contributed by atoms with Gasteiger partial charge in [-0.1, -0.05) is 381 Å². The zero-order chi connectivity index (χ0) is 77.2. The molecule has 1 saturated heterocycles. The predicted octanol–water partition coefficient (Wildman–Crippen LogP) is 35.4. The second-order valence-electron chi connectivity index (χ2n) is 26.5. The Morgan fingerprint density at radius 1 is 0.343 bits per heavy atom. The Labute approximate surface area is 689 Å². The first-order valence-electron chi connectivity index (χ1n) is 40.0. The largest absolute Gasteiger partial charge is 0.360 e. The lowest BCUT2D eigenvalue weighted by Crippen LogP contribution is -2.30. The fraction of sp³-hybridized carbons (Fsp3) is 0.660. The van der Waals surface area contributed by atoms with E-state index in [0.717, 1.165) is 82.5 Å². The maximum absolute atomic E-state index is 5.96. The van der Waals surface area contributed by atoms with Gasteiger partial charge in [0.05, 0.1) is 11.2 Å². The molecule has 4 fully saturated rings. The summed E-state index contributed by atoms with van der Waals surface area (Å²) in [6.07, 6.45) is 28.4. The lowest BCUT2D eigenvalue weighted by molar-refractivity contribution is -0.0250. The molecule has 2 nitrogen and oxygen atoms in total. The van der Waals surface area contributed by atoms with Gasteiger partial charge in [0.25, 0.3) is 0 Å². The molecule has 16 unspecified atom stereocenters. The van der Waals surface area contributed by atoms with Crippen LogP contribution in [-0.2, 0) is 17.6 Å². The number of allylic oxidation sites excluding steroid dienone is 8. The average molecular weight is 1510 g/mol. The summed E-state index contributed by atoms with van der Waals surface area (Å²) in [6.45, 7) is 80.6. The Hall–Kier alpha value is -4.94. The van der Waals surface area contributed by atoms with Crippen molar-refractivity contribution in [2.24, 2.45) is 94.5 Å².